The lowest BCUT2D eigenvalue weighted by Crippen LogP contribution is -2.41. The van der Waals surface area contributed by atoms with Gasteiger partial charge in [-0.25, -0.2) is 4.79 Å². The molecule has 0 aliphatic heterocycles. The molecule has 0 aliphatic carbocycles. The summed E-state index contributed by atoms with van der Waals surface area (Å²) < 4.78 is 10.7. The van der Waals surface area contributed by atoms with Gasteiger partial charge < -0.3 is 14.8 Å². The van der Waals surface area contributed by atoms with Crippen LogP contribution < -0.4 is 5.32 Å². The van der Waals surface area contributed by atoms with E-state index in [4.69, 9.17) is 9.47 Å². The average molecular weight is 383 g/mol. The number of benzene rings is 2. The van der Waals surface area contributed by atoms with Crippen molar-refractivity contribution in [1.82, 2.24) is 0 Å². The van der Waals surface area contributed by atoms with E-state index in [1.807, 2.05) is 75.4 Å². The zero-order chi connectivity index (χ0) is 20.8. The van der Waals surface area contributed by atoms with Gasteiger partial charge in [0.1, 0.15) is 18.8 Å². The second-order valence-corrected chi connectivity index (χ2v) is 8.33. The molecule has 2 aromatic rings. The molecular formula is C23H29NO4. The zero-order valence-electron chi connectivity index (χ0n) is 17.2. The standard InChI is InChI=1S/C23H29NO4/c1-22(2,3)20(25)27-16-18-11-13-19(14-12-18)24-23(4,5)21(26)28-15-17-9-7-6-8-10-17/h6-14,24H,15-16H2,1-5H3. The number of hydrogen-bond acceptors (Lipinski definition) is 5. The van der Waals surface area contributed by atoms with Gasteiger partial charge in [-0.15, -0.1) is 0 Å². The van der Waals surface area contributed by atoms with Gasteiger partial charge in [-0.05, 0) is 57.9 Å². The number of rotatable bonds is 7. The summed E-state index contributed by atoms with van der Waals surface area (Å²) >= 11 is 0. The molecule has 0 atom stereocenters. The van der Waals surface area contributed by atoms with Crippen LogP contribution in [-0.4, -0.2) is 17.5 Å². The molecule has 1 N–H and O–H groups in total. The maximum atomic E-state index is 12.4. The summed E-state index contributed by atoms with van der Waals surface area (Å²) in [6.07, 6.45) is 0. The SMILES string of the molecule is CC(C)(C)C(=O)OCc1ccc(NC(C)(C)C(=O)OCc2ccccc2)cc1. The topological polar surface area (TPSA) is 64.6 Å². The Hall–Kier alpha value is -2.82. The van der Waals surface area contributed by atoms with Crippen molar-refractivity contribution in [2.45, 2.75) is 53.4 Å². The third kappa shape index (κ3) is 6.41. The zero-order valence-corrected chi connectivity index (χ0v) is 17.2. The van der Waals surface area contributed by atoms with Gasteiger partial charge in [-0.1, -0.05) is 42.5 Å². The van der Waals surface area contributed by atoms with Gasteiger partial charge in [0, 0.05) is 5.69 Å². The smallest absolute Gasteiger partial charge is 0.331 e. The molecule has 28 heavy (non-hydrogen) atoms. The number of esters is 2. The molecule has 0 aliphatic rings. The van der Waals surface area contributed by atoms with Crippen molar-refractivity contribution in [3.63, 3.8) is 0 Å². The van der Waals surface area contributed by atoms with Crippen molar-refractivity contribution in [1.29, 1.82) is 0 Å². The van der Waals surface area contributed by atoms with Gasteiger partial charge >= 0.3 is 11.9 Å². The molecule has 0 bridgehead atoms. The van der Waals surface area contributed by atoms with E-state index in [1.165, 1.54) is 0 Å². The number of nitrogens with one attached hydrogen (secondary N) is 1. The highest BCUT2D eigenvalue weighted by Gasteiger charge is 2.29. The molecular weight excluding hydrogens is 354 g/mol. The van der Waals surface area contributed by atoms with Gasteiger partial charge in [0.2, 0.25) is 0 Å². The first-order chi connectivity index (χ1) is 13.1. The van der Waals surface area contributed by atoms with Crippen LogP contribution in [-0.2, 0) is 32.3 Å². The second kappa shape index (κ2) is 8.91. The quantitative estimate of drug-likeness (QED) is 0.702. The van der Waals surface area contributed by atoms with E-state index in [0.29, 0.717) is 0 Å². The van der Waals surface area contributed by atoms with E-state index in [2.05, 4.69) is 5.32 Å². The highest BCUT2D eigenvalue weighted by Crippen LogP contribution is 2.20. The Labute approximate surface area is 167 Å². The maximum Gasteiger partial charge on any atom is 0.331 e. The van der Waals surface area contributed by atoms with Crippen LogP contribution in [0.2, 0.25) is 0 Å². The van der Waals surface area contributed by atoms with E-state index in [1.54, 1.807) is 13.8 Å². The molecule has 150 valence electrons. The van der Waals surface area contributed by atoms with Gasteiger partial charge in [-0.3, -0.25) is 4.79 Å². The first-order valence-electron chi connectivity index (χ1n) is 9.33. The van der Waals surface area contributed by atoms with Crippen molar-refractivity contribution in [2.24, 2.45) is 5.41 Å². The molecule has 5 heteroatoms. The molecule has 0 amide bonds. The van der Waals surface area contributed by atoms with Crippen LogP contribution in [0.5, 0.6) is 0 Å². The Balaban J connectivity index is 1.89. The van der Waals surface area contributed by atoms with Crippen LogP contribution >= 0.6 is 0 Å². The minimum Gasteiger partial charge on any atom is -0.460 e. The molecule has 0 heterocycles. The summed E-state index contributed by atoms with van der Waals surface area (Å²) in [6.45, 7) is 9.48. The van der Waals surface area contributed by atoms with Crippen LogP contribution in [0.25, 0.3) is 0 Å². The fraction of sp³-hybridized carbons (Fsp3) is 0.391. The predicted octanol–water partition coefficient (Wildman–Crippen LogP) is 4.71. The van der Waals surface area contributed by atoms with Gasteiger partial charge in [0.05, 0.1) is 5.41 Å². The average Bonchev–Trinajstić information content (AvgIpc) is 2.65. The van der Waals surface area contributed by atoms with Crippen molar-refractivity contribution in [3.8, 4) is 0 Å². The number of ether oxygens (including phenoxy) is 2. The Kier molecular flexibility index (Phi) is 6.84. The third-order valence-electron chi connectivity index (χ3n) is 4.12. The van der Waals surface area contributed by atoms with Crippen LogP contribution in [0, 0.1) is 5.41 Å². The third-order valence-corrected chi connectivity index (χ3v) is 4.12. The number of carbonyl (C=O) groups excluding carboxylic acids is 2. The summed E-state index contributed by atoms with van der Waals surface area (Å²) in [5.41, 5.74) is 1.21. The molecule has 0 aromatic heterocycles. The normalized spacial score (nSPS) is 11.6. The highest BCUT2D eigenvalue weighted by atomic mass is 16.5. The first kappa shape index (κ1) is 21.5. The minimum absolute atomic E-state index is 0.221. The molecule has 5 nitrogen and oxygen atoms in total. The highest BCUT2D eigenvalue weighted by molar-refractivity contribution is 5.83. The molecule has 0 saturated heterocycles. The monoisotopic (exact) mass is 383 g/mol. The fourth-order valence-corrected chi connectivity index (χ4v) is 2.37. The predicted molar refractivity (Wildman–Crippen MR) is 110 cm³/mol. The molecule has 0 radical (unpaired) electrons. The summed E-state index contributed by atoms with van der Waals surface area (Å²) in [7, 11) is 0. The van der Waals surface area contributed by atoms with Crippen molar-refractivity contribution in [2.75, 3.05) is 5.32 Å². The summed E-state index contributed by atoms with van der Waals surface area (Å²) in [4.78, 5) is 24.3. The lowest BCUT2D eigenvalue weighted by molar-refractivity contribution is -0.154. The maximum absolute atomic E-state index is 12.4. The molecule has 0 spiro atoms. The van der Waals surface area contributed by atoms with E-state index in [9.17, 15) is 9.59 Å². The first-order valence-corrected chi connectivity index (χ1v) is 9.33. The minimum atomic E-state index is -0.880. The lowest BCUT2D eigenvalue weighted by Gasteiger charge is -2.25. The summed E-state index contributed by atoms with van der Waals surface area (Å²) in [5.74, 6) is -0.573. The van der Waals surface area contributed by atoms with Crippen molar-refractivity contribution in [3.05, 3.63) is 65.7 Å². The molecule has 0 unspecified atom stereocenters. The number of hydrogen-bond donors (Lipinski definition) is 1. The number of anilines is 1. The largest absolute Gasteiger partial charge is 0.460 e. The van der Waals surface area contributed by atoms with Crippen LogP contribution in [0.3, 0.4) is 0 Å². The van der Waals surface area contributed by atoms with E-state index < -0.39 is 11.0 Å². The van der Waals surface area contributed by atoms with Gasteiger partial charge in [0.15, 0.2) is 0 Å². The molecule has 2 aromatic carbocycles. The second-order valence-electron chi connectivity index (χ2n) is 8.33. The van der Waals surface area contributed by atoms with Crippen molar-refractivity contribution >= 4 is 17.6 Å². The van der Waals surface area contributed by atoms with E-state index in [0.717, 1.165) is 16.8 Å². The fourth-order valence-electron chi connectivity index (χ4n) is 2.37. The summed E-state index contributed by atoms with van der Waals surface area (Å²) in [6, 6.07) is 17.0. The van der Waals surface area contributed by atoms with Crippen LogP contribution in [0.15, 0.2) is 54.6 Å². The molecule has 0 fully saturated rings. The molecule has 2 rings (SSSR count). The Bertz CT molecular complexity index is 790. The van der Waals surface area contributed by atoms with Crippen molar-refractivity contribution < 1.29 is 19.1 Å². The van der Waals surface area contributed by atoms with E-state index in [-0.39, 0.29) is 25.2 Å². The van der Waals surface area contributed by atoms with Gasteiger partial charge in [0.25, 0.3) is 0 Å². The van der Waals surface area contributed by atoms with E-state index >= 15 is 0 Å². The van der Waals surface area contributed by atoms with Gasteiger partial charge in [-0.2, -0.15) is 0 Å². The Morgan fingerprint density at radius 1 is 0.750 bits per heavy atom. The Morgan fingerprint density at radius 2 is 1.25 bits per heavy atom. The number of carbonyl (C=O) groups is 2. The van der Waals surface area contributed by atoms with Crippen LogP contribution in [0.4, 0.5) is 5.69 Å². The van der Waals surface area contributed by atoms with Crippen LogP contribution in [0.1, 0.15) is 45.7 Å². The Morgan fingerprint density at radius 3 is 1.79 bits per heavy atom. The molecule has 0 saturated carbocycles. The lowest BCUT2D eigenvalue weighted by atomic mass is 9.97. The summed E-state index contributed by atoms with van der Waals surface area (Å²) in [5, 5.41) is 3.19.